The molecule has 0 aromatic heterocycles. The van der Waals surface area contributed by atoms with E-state index in [0.29, 0.717) is 0 Å². The van der Waals surface area contributed by atoms with Gasteiger partial charge in [0, 0.05) is 0 Å². The standard InChI is InChI=1S/C5H12O6S2/c1-4-11-13(8,9)5(2)12(6,7)10-3/h5H,4H2,1-3H3. The molecule has 0 N–H and O–H groups in total. The molecule has 0 rings (SSSR count). The summed E-state index contributed by atoms with van der Waals surface area (Å²) in [6.45, 7) is 2.33. The van der Waals surface area contributed by atoms with Gasteiger partial charge in [-0.3, -0.25) is 8.37 Å². The highest BCUT2D eigenvalue weighted by atomic mass is 32.3. The molecule has 0 radical (unpaired) electrons. The van der Waals surface area contributed by atoms with Crippen LogP contribution in [0.5, 0.6) is 0 Å². The second-order valence-electron chi connectivity index (χ2n) is 2.13. The lowest BCUT2D eigenvalue weighted by atomic mass is 10.9. The van der Waals surface area contributed by atoms with Crippen LogP contribution in [0.4, 0.5) is 0 Å². The molecule has 1 unspecified atom stereocenters. The molecule has 13 heavy (non-hydrogen) atoms. The van der Waals surface area contributed by atoms with E-state index in [4.69, 9.17) is 0 Å². The fourth-order valence-electron chi connectivity index (χ4n) is 0.540. The van der Waals surface area contributed by atoms with Crippen molar-refractivity contribution in [2.24, 2.45) is 0 Å². The minimum Gasteiger partial charge on any atom is -0.272 e. The summed E-state index contributed by atoms with van der Waals surface area (Å²) in [5, 5.41) is 0. The van der Waals surface area contributed by atoms with Crippen molar-refractivity contribution in [3.8, 4) is 0 Å². The molecule has 0 saturated heterocycles. The van der Waals surface area contributed by atoms with Gasteiger partial charge in [0.15, 0.2) is 0 Å². The maximum absolute atomic E-state index is 11.1. The molecule has 0 aromatic carbocycles. The molecule has 0 amide bonds. The van der Waals surface area contributed by atoms with Crippen molar-refractivity contribution in [1.29, 1.82) is 0 Å². The molecule has 8 heteroatoms. The Kier molecular flexibility index (Phi) is 4.30. The first kappa shape index (κ1) is 12.8. The molecule has 0 aliphatic carbocycles. The van der Waals surface area contributed by atoms with Crippen molar-refractivity contribution < 1.29 is 25.2 Å². The van der Waals surface area contributed by atoms with Crippen LogP contribution in [0.2, 0.25) is 0 Å². The zero-order valence-corrected chi connectivity index (χ0v) is 9.18. The summed E-state index contributed by atoms with van der Waals surface area (Å²) in [4.78, 5) is 0. The normalized spacial score (nSPS) is 15.6. The van der Waals surface area contributed by atoms with Crippen LogP contribution in [0.15, 0.2) is 0 Å². The van der Waals surface area contributed by atoms with Crippen molar-refractivity contribution in [1.82, 2.24) is 0 Å². The van der Waals surface area contributed by atoms with Crippen LogP contribution in [-0.4, -0.2) is 35.1 Å². The molecule has 1 atom stereocenters. The van der Waals surface area contributed by atoms with Gasteiger partial charge >= 0.3 is 0 Å². The van der Waals surface area contributed by atoms with Gasteiger partial charge in [-0.25, -0.2) is 0 Å². The van der Waals surface area contributed by atoms with Crippen LogP contribution in [0, 0.1) is 0 Å². The summed E-state index contributed by atoms with van der Waals surface area (Å²) in [5.41, 5.74) is 0. The summed E-state index contributed by atoms with van der Waals surface area (Å²) in [5.74, 6) is 0. The van der Waals surface area contributed by atoms with Crippen molar-refractivity contribution in [3.63, 3.8) is 0 Å². The van der Waals surface area contributed by atoms with Gasteiger partial charge in [0.05, 0.1) is 13.7 Å². The van der Waals surface area contributed by atoms with Crippen LogP contribution in [0.3, 0.4) is 0 Å². The molecule has 6 nitrogen and oxygen atoms in total. The monoisotopic (exact) mass is 232 g/mol. The van der Waals surface area contributed by atoms with Crippen molar-refractivity contribution >= 4 is 20.2 Å². The molecule has 0 saturated carbocycles. The van der Waals surface area contributed by atoms with Gasteiger partial charge in [0.2, 0.25) is 4.58 Å². The van der Waals surface area contributed by atoms with Crippen molar-refractivity contribution in [2.45, 2.75) is 18.4 Å². The van der Waals surface area contributed by atoms with E-state index in [0.717, 1.165) is 14.0 Å². The van der Waals surface area contributed by atoms with Gasteiger partial charge < -0.3 is 0 Å². The van der Waals surface area contributed by atoms with E-state index in [9.17, 15) is 16.8 Å². The minimum atomic E-state index is -4.09. The van der Waals surface area contributed by atoms with Gasteiger partial charge in [0.1, 0.15) is 0 Å². The Hall–Kier alpha value is -0.180. The summed E-state index contributed by atoms with van der Waals surface area (Å²) in [6, 6.07) is 0. The SMILES string of the molecule is CCOS(=O)(=O)C(C)S(=O)(=O)OC. The fourth-order valence-corrected chi connectivity index (χ4v) is 2.89. The lowest BCUT2D eigenvalue weighted by molar-refractivity contribution is 0.332. The maximum Gasteiger partial charge on any atom is 0.287 e. The van der Waals surface area contributed by atoms with Gasteiger partial charge in [-0.1, -0.05) is 0 Å². The molecule has 0 aliphatic heterocycles. The zero-order valence-electron chi connectivity index (χ0n) is 7.55. The Morgan fingerprint density at radius 3 is 1.92 bits per heavy atom. The molecule has 0 bridgehead atoms. The molecular weight excluding hydrogens is 220 g/mol. The Labute approximate surface area is 78.1 Å². The van der Waals surface area contributed by atoms with E-state index >= 15 is 0 Å². The second kappa shape index (κ2) is 4.36. The molecule has 0 heterocycles. The Bertz CT molecular complexity index is 339. The topological polar surface area (TPSA) is 86.7 Å². The van der Waals surface area contributed by atoms with Crippen LogP contribution >= 0.6 is 0 Å². The molecule has 80 valence electrons. The second-order valence-corrected chi connectivity index (χ2v) is 6.38. The average Bonchev–Trinajstić information content (AvgIpc) is 2.03. The van der Waals surface area contributed by atoms with Crippen LogP contribution in [0.25, 0.3) is 0 Å². The first-order valence-electron chi connectivity index (χ1n) is 3.45. The number of hydrogen-bond acceptors (Lipinski definition) is 6. The van der Waals surface area contributed by atoms with Gasteiger partial charge in [-0.2, -0.15) is 16.8 Å². The lowest BCUT2D eigenvalue weighted by Crippen LogP contribution is -2.29. The fraction of sp³-hybridized carbons (Fsp3) is 1.00. The Morgan fingerprint density at radius 2 is 1.62 bits per heavy atom. The maximum atomic E-state index is 11.1. The first-order valence-corrected chi connectivity index (χ1v) is 6.40. The molecule has 0 aromatic rings. The predicted octanol–water partition coefficient (Wildman–Crippen LogP) is -0.325. The predicted molar refractivity (Wildman–Crippen MR) is 45.9 cm³/mol. The van der Waals surface area contributed by atoms with E-state index in [1.807, 2.05) is 0 Å². The molecule has 0 spiro atoms. The van der Waals surface area contributed by atoms with Gasteiger partial charge in [-0.15, -0.1) is 0 Å². The van der Waals surface area contributed by atoms with Crippen LogP contribution in [0.1, 0.15) is 13.8 Å². The Balaban J connectivity index is 4.91. The lowest BCUT2D eigenvalue weighted by Gasteiger charge is -2.10. The van der Waals surface area contributed by atoms with Crippen molar-refractivity contribution in [3.05, 3.63) is 0 Å². The third-order valence-electron chi connectivity index (χ3n) is 1.33. The van der Waals surface area contributed by atoms with Crippen molar-refractivity contribution in [2.75, 3.05) is 13.7 Å². The smallest absolute Gasteiger partial charge is 0.272 e. The van der Waals surface area contributed by atoms with E-state index < -0.39 is 24.8 Å². The van der Waals surface area contributed by atoms with E-state index in [1.165, 1.54) is 6.92 Å². The quantitative estimate of drug-likeness (QED) is 0.603. The molecule has 0 aliphatic rings. The summed E-state index contributed by atoms with van der Waals surface area (Å²) in [7, 11) is -7.29. The zero-order chi connectivity index (χ0) is 10.7. The third kappa shape index (κ3) is 3.22. The first-order chi connectivity index (χ1) is 5.78. The highest BCUT2D eigenvalue weighted by molar-refractivity contribution is 8.04. The summed E-state index contributed by atoms with van der Waals surface area (Å²) < 4.78 is 50.6. The summed E-state index contributed by atoms with van der Waals surface area (Å²) >= 11 is 0. The highest BCUT2D eigenvalue weighted by Crippen LogP contribution is 2.12. The van der Waals surface area contributed by atoms with Crippen LogP contribution < -0.4 is 0 Å². The largest absolute Gasteiger partial charge is 0.287 e. The number of rotatable bonds is 5. The van der Waals surface area contributed by atoms with Gasteiger partial charge in [-0.05, 0) is 13.8 Å². The highest BCUT2D eigenvalue weighted by Gasteiger charge is 2.34. The molecular formula is C5H12O6S2. The minimum absolute atomic E-state index is 0.105. The van der Waals surface area contributed by atoms with Gasteiger partial charge in [0.25, 0.3) is 20.2 Å². The Morgan fingerprint density at radius 1 is 1.15 bits per heavy atom. The van der Waals surface area contributed by atoms with E-state index in [-0.39, 0.29) is 6.61 Å². The summed E-state index contributed by atoms with van der Waals surface area (Å²) in [6.07, 6.45) is 0. The van der Waals surface area contributed by atoms with Crippen LogP contribution in [-0.2, 0) is 28.6 Å². The molecule has 0 fully saturated rings. The van der Waals surface area contributed by atoms with E-state index in [2.05, 4.69) is 8.37 Å². The average molecular weight is 232 g/mol. The number of hydrogen-bond donors (Lipinski definition) is 0. The van der Waals surface area contributed by atoms with E-state index in [1.54, 1.807) is 0 Å². The third-order valence-corrected chi connectivity index (χ3v) is 5.40.